The quantitative estimate of drug-likeness (QED) is 0.109. The molecule has 0 saturated carbocycles. The number of unbranched alkanes of at least 4 members (excludes halogenated alkanes) is 20. The minimum absolute atomic E-state index is 0.537. The van der Waals surface area contributed by atoms with E-state index in [-0.39, 0.29) is 0 Å². The zero-order chi connectivity index (χ0) is 23.0. The van der Waals surface area contributed by atoms with Crippen LogP contribution in [0.15, 0.2) is 0 Å². The lowest BCUT2D eigenvalue weighted by Crippen LogP contribution is -2.20. The molecule has 3 nitrogen and oxygen atoms in total. The molecule has 1 unspecified atom stereocenters. The first kappa shape index (κ1) is 30.9. The van der Waals surface area contributed by atoms with Crippen molar-refractivity contribution >= 4 is 10.1 Å². The van der Waals surface area contributed by atoms with E-state index in [2.05, 4.69) is 13.8 Å². The van der Waals surface area contributed by atoms with Crippen LogP contribution in [0.2, 0.25) is 0 Å². The van der Waals surface area contributed by atoms with Gasteiger partial charge in [-0.3, -0.25) is 4.55 Å². The third-order valence-electron chi connectivity index (χ3n) is 6.68. The molecule has 0 radical (unpaired) electrons. The van der Waals surface area contributed by atoms with Crippen molar-refractivity contribution in [2.24, 2.45) is 0 Å². The smallest absolute Gasteiger partial charge is 0.267 e. The van der Waals surface area contributed by atoms with E-state index in [9.17, 15) is 13.0 Å². The Morgan fingerprint density at radius 1 is 0.452 bits per heavy atom. The molecular formula is C27H56O3S. The molecule has 0 saturated heterocycles. The molecule has 0 rings (SSSR count). The fourth-order valence-electron chi connectivity index (χ4n) is 4.51. The molecule has 1 N–H and O–H groups in total. The standard InChI is InChI=1S/C27H56O3S/c1-3-5-7-9-11-13-14-15-16-17-18-20-22-24-26-27(31(28,29)30)25-23-21-19-12-10-8-6-4-2/h27H,3-26H2,1-2H3,(H,28,29,30). The van der Waals surface area contributed by atoms with E-state index in [0.29, 0.717) is 12.8 Å². The maximum absolute atomic E-state index is 11.7. The summed E-state index contributed by atoms with van der Waals surface area (Å²) in [5, 5.41) is -0.537. The van der Waals surface area contributed by atoms with Gasteiger partial charge < -0.3 is 0 Å². The first-order valence-electron chi connectivity index (χ1n) is 14.0. The molecule has 0 spiro atoms. The second-order valence-electron chi connectivity index (χ2n) is 9.79. The van der Waals surface area contributed by atoms with Gasteiger partial charge in [-0.15, -0.1) is 0 Å². The minimum atomic E-state index is -3.89. The maximum atomic E-state index is 11.7. The Balaban J connectivity index is 3.56. The maximum Gasteiger partial charge on any atom is 0.267 e. The van der Waals surface area contributed by atoms with E-state index < -0.39 is 15.4 Å². The Morgan fingerprint density at radius 2 is 0.677 bits per heavy atom. The van der Waals surface area contributed by atoms with E-state index in [4.69, 9.17) is 0 Å². The van der Waals surface area contributed by atoms with Crippen molar-refractivity contribution < 1.29 is 13.0 Å². The number of rotatable bonds is 25. The van der Waals surface area contributed by atoms with Gasteiger partial charge in [0.05, 0.1) is 5.25 Å². The number of hydrogen-bond donors (Lipinski definition) is 1. The van der Waals surface area contributed by atoms with Crippen LogP contribution in [0.3, 0.4) is 0 Å². The Bertz CT molecular complexity index is 447. The Kier molecular flexibility index (Phi) is 23.0. The summed E-state index contributed by atoms with van der Waals surface area (Å²) in [6.07, 6.45) is 29.2. The van der Waals surface area contributed by atoms with Crippen molar-refractivity contribution in [3.8, 4) is 0 Å². The van der Waals surface area contributed by atoms with Crippen LogP contribution in [-0.4, -0.2) is 18.2 Å². The van der Waals surface area contributed by atoms with Crippen LogP contribution < -0.4 is 0 Å². The van der Waals surface area contributed by atoms with Crippen molar-refractivity contribution in [2.45, 2.75) is 173 Å². The molecule has 0 aliphatic rings. The molecule has 0 aliphatic carbocycles. The van der Waals surface area contributed by atoms with E-state index in [1.807, 2.05) is 0 Å². The minimum Gasteiger partial charge on any atom is -0.285 e. The van der Waals surface area contributed by atoms with E-state index in [1.165, 1.54) is 116 Å². The monoisotopic (exact) mass is 460 g/mol. The van der Waals surface area contributed by atoms with Gasteiger partial charge in [0.2, 0.25) is 0 Å². The van der Waals surface area contributed by atoms with Crippen LogP contribution in [0.1, 0.15) is 168 Å². The van der Waals surface area contributed by atoms with Gasteiger partial charge in [0.25, 0.3) is 10.1 Å². The third-order valence-corrected chi connectivity index (χ3v) is 7.99. The molecule has 0 aromatic rings. The Morgan fingerprint density at radius 3 is 0.903 bits per heavy atom. The van der Waals surface area contributed by atoms with Gasteiger partial charge in [-0.05, 0) is 12.8 Å². The number of hydrogen-bond acceptors (Lipinski definition) is 2. The fourth-order valence-corrected chi connectivity index (χ4v) is 5.44. The van der Waals surface area contributed by atoms with Crippen molar-refractivity contribution in [2.75, 3.05) is 0 Å². The summed E-state index contributed by atoms with van der Waals surface area (Å²) in [4.78, 5) is 0. The molecule has 188 valence electrons. The average molecular weight is 461 g/mol. The molecule has 0 aromatic carbocycles. The zero-order valence-electron chi connectivity index (χ0n) is 21.2. The van der Waals surface area contributed by atoms with Crippen molar-refractivity contribution in [3.63, 3.8) is 0 Å². The first-order valence-corrected chi connectivity index (χ1v) is 15.5. The van der Waals surface area contributed by atoms with E-state index >= 15 is 0 Å². The van der Waals surface area contributed by atoms with Crippen LogP contribution in [-0.2, 0) is 10.1 Å². The van der Waals surface area contributed by atoms with Gasteiger partial charge in [-0.2, -0.15) is 8.42 Å². The molecule has 0 heterocycles. The van der Waals surface area contributed by atoms with E-state index in [0.717, 1.165) is 25.7 Å². The highest BCUT2D eigenvalue weighted by molar-refractivity contribution is 7.86. The van der Waals surface area contributed by atoms with E-state index in [1.54, 1.807) is 0 Å². The molecule has 4 heteroatoms. The predicted molar refractivity (Wildman–Crippen MR) is 137 cm³/mol. The highest BCUT2D eigenvalue weighted by Gasteiger charge is 2.21. The van der Waals surface area contributed by atoms with Crippen LogP contribution in [0.4, 0.5) is 0 Å². The van der Waals surface area contributed by atoms with Gasteiger partial charge in [-0.25, -0.2) is 0 Å². The van der Waals surface area contributed by atoms with Crippen LogP contribution in [0.5, 0.6) is 0 Å². The summed E-state index contributed by atoms with van der Waals surface area (Å²) in [5.41, 5.74) is 0. The van der Waals surface area contributed by atoms with Crippen molar-refractivity contribution in [1.29, 1.82) is 0 Å². The van der Waals surface area contributed by atoms with Gasteiger partial charge >= 0.3 is 0 Å². The van der Waals surface area contributed by atoms with Crippen molar-refractivity contribution in [3.05, 3.63) is 0 Å². The summed E-state index contributed by atoms with van der Waals surface area (Å²) in [7, 11) is -3.89. The summed E-state index contributed by atoms with van der Waals surface area (Å²) in [6, 6.07) is 0. The predicted octanol–water partition coefficient (Wildman–Crippen LogP) is 9.65. The second kappa shape index (κ2) is 23.1. The molecule has 0 amide bonds. The van der Waals surface area contributed by atoms with Gasteiger partial charge in [-0.1, -0.05) is 155 Å². The lowest BCUT2D eigenvalue weighted by atomic mass is 10.0. The fraction of sp³-hybridized carbons (Fsp3) is 1.00. The molecule has 0 aromatic heterocycles. The van der Waals surface area contributed by atoms with Gasteiger partial charge in [0.1, 0.15) is 0 Å². The average Bonchev–Trinajstić information content (AvgIpc) is 2.73. The van der Waals surface area contributed by atoms with Crippen LogP contribution in [0.25, 0.3) is 0 Å². The SMILES string of the molecule is CCCCCCCCCCCCCCCCC(CCCCCCCCCC)S(=O)(=O)O. The first-order chi connectivity index (χ1) is 15.0. The molecule has 31 heavy (non-hydrogen) atoms. The molecule has 0 fully saturated rings. The van der Waals surface area contributed by atoms with Crippen LogP contribution in [0, 0.1) is 0 Å². The lowest BCUT2D eigenvalue weighted by molar-refractivity contribution is 0.442. The highest BCUT2D eigenvalue weighted by Crippen LogP contribution is 2.20. The zero-order valence-corrected chi connectivity index (χ0v) is 22.0. The summed E-state index contributed by atoms with van der Waals surface area (Å²) >= 11 is 0. The van der Waals surface area contributed by atoms with Gasteiger partial charge in [0, 0.05) is 0 Å². The Hall–Kier alpha value is -0.0900. The topological polar surface area (TPSA) is 54.4 Å². The van der Waals surface area contributed by atoms with Crippen LogP contribution >= 0.6 is 0 Å². The second-order valence-corrected chi connectivity index (χ2v) is 11.5. The summed E-state index contributed by atoms with van der Waals surface area (Å²) < 4.78 is 32.9. The molecule has 0 aliphatic heterocycles. The summed E-state index contributed by atoms with van der Waals surface area (Å²) in [5.74, 6) is 0. The normalized spacial score (nSPS) is 13.0. The summed E-state index contributed by atoms with van der Waals surface area (Å²) in [6.45, 7) is 4.50. The highest BCUT2D eigenvalue weighted by atomic mass is 32.2. The largest absolute Gasteiger partial charge is 0.285 e. The molecule has 1 atom stereocenters. The third kappa shape index (κ3) is 22.9. The molecule has 0 bridgehead atoms. The molecular weight excluding hydrogens is 404 g/mol. The van der Waals surface area contributed by atoms with Crippen molar-refractivity contribution in [1.82, 2.24) is 0 Å². The Labute approximate surface area is 196 Å². The van der Waals surface area contributed by atoms with Gasteiger partial charge in [0.15, 0.2) is 0 Å². The lowest BCUT2D eigenvalue weighted by Gasteiger charge is -2.13.